The molecule has 4 saturated carbocycles. The molecule has 4 fully saturated rings. The van der Waals surface area contributed by atoms with E-state index in [0.717, 1.165) is 72.5 Å². The predicted octanol–water partition coefficient (Wildman–Crippen LogP) is 14.4. The van der Waals surface area contributed by atoms with E-state index in [1.54, 1.807) is 0 Å². The normalized spacial score (nSPS) is 35.6. The summed E-state index contributed by atoms with van der Waals surface area (Å²) < 4.78 is 0. The average Bonchev–Trinajstić information content (AvgIpc) is 3.90. The van der Waals surface area contributed by atoms with Crippen molar-refractivity contribution in [1.29, 1.82) is 0 Å². The Balaban J connectivity index is 1.09. The first-order valence-corrected chi connectivity index (χ1v) is 23.8. The molecule has 0 heterocycles. The highest BCUT2D eigenvalue weighted by Crippen LogP contribution is 2.62. The lowest BCUT2D eigenvalue weighted by Crippen LogP contribution is -2.31. The SMILES string of the molecule is CCC(C)C(CCC(C)C(O)CC1CCC(C)CC1)CC(O)C1CCC(C[C@@H]2C=C(CCC(C)(C)C)CC(CC3(C4CCC(C)CC4)CC3)C2)CC1. The van der Waals surface area contributed by atoms with Crippen molar-refractivity contribution in [2.24, 2.45) is 75.9 Å². The maximum Gasteiger partial charge on any atom is 0.0571 e. The van der Waals surface area contributed by atoms with Crippen molar-refractivity contribution >= 4 is 0 Å². The third kappa shape index (κ3) is 13.1. The van der Waals surface area contributed by atoms with Gasteiger partial charge in [-0.1, -0.05) is 125 Å². The van der Waals surface area contributed by atoms with Crippen LogP contribution in [0, 0.1) is 75.9 Å². The first-order valence-electron chi connectivity index (χ1n) is 23.8. The summed E-state index contributed by atoms with van der Waals surface area (Å²) >= 11 is 0. The van der Waals surface area contributed by atoms with E-state index in [2.05, 4.69) is 61.5 Å². The van der Waals surface area contributed by atoms with Gasteiger partial charge in [-0.05, 0) is 179 Å². The molecule has 2 N–H and O–H groups in total. The van der Waals surface area contributed by atoms with Crippen LogP contribution < -0.4 is 0 Å². The van der Waals surface area contributed by atoms with Gasteiger partial charge in [0.05, 0.1) is 12.2 Å². The first-order chi connectivity index (χ1) is 24.7. The number of allylic oxidation sites excluding steroid dienone is 2. The quantitative estimate of drug-likeness (QED) is 0.138. The molecule has 7 atom stereocenters. The Kier molecular flexibility index (Phi) is 16.2. The van der Waals surface area contributed by atoms with Crippen LogP contribution in [-0.4, -0.2) is 22.4 Å². The molecule has 302 valence electrons. The van der Waals surface area contributed by atoms with E-state index in [9.17, 15) is 10.2 Å². The molecule has 0 bridgehead atoms. The van der Waals surface area contributed by atoms with Crippen LogP contribution in [-0.2, 0) is 0 Å². The molecule has 0 aromatic rings. The Morgan fingerprint density at radius 2 is 1.38 bits per heavy atom. The predicted molar refractivity (Wildman–Crippen MR) is 224 cm³/mol. The standard InChI is InChI=1S/C50H90O2/c1-9-37(4)45(19-14-38(5)47(51)32-40-15-10-35(2)11-16-40)33-48(52)44-20-17-39(18-21-44)28-42-29-41(24-25-49(6,7)8)30-43(31-42)34-50(26-27-50)46-22-12-36(3)13-23-46/h29,35-40,42-48,51-52H,9-28,30-34H2,1-8H3/t35?,36?,37?,38?,39?,40?,42-,43?,44?,45?,46?,47?,48?/m1/s1. The van der Waals surface area contributed by atoms with Gasteiger partial charge in [-0.15, -0.1) is 0 Å². The second kappa shape index (κ2) is 19.7. The maximum absolute atomic E-state index is 11.7. The monoisotopic (exact) mass is 723 g/mol. The molecule has 52 heavy (non-hydrogen) atoms. The van der Waals surface area contributed by atoms with Crippen LogP contribution in [0.5, 0.6) is 0 Å². The summed E-state index contributed by atoms with van der Waals surface area (Å²) in [5.41, 5.74) is 2.95. The van der Waals surface area contributed by atoms with E-state index in [-0.39, 0.29) is 12.2 Å². The van der Waals surface area contributed by atoms with Crippen molar-refractivity contribution in [3.8, 4) is 0 Å². The van der Waals surface area contributed by atoms with Gasteiger partial charge in [0, 0.05) is 0 Å². The van der Waals surface area contributed by atoms with Crippen LogP contribution >= 0.6 is 0 Å². The lowest BCUT2D eigenvalue weighted by atomic mass is 9.67. The zero-order valence-corrected chi connectivity index (χ0v) is 36.2. The van der Waals surface area contributed by atoms with Gasteiger partial charge < -0.3 is 10.2 Å². The van der Waals surface area contributed by atoms with Gasteiger partial charge in [0.2, 0.25) is 0 Å². The van der Waals surface area contributed by atoms with Crippen molar-refractivity contribution in [2.45, 2.75) is 228 Å². The highest BCUT2D eigenvalue weighted by molar-refractivity contribution is 5.13. The minimum absolute atomic E-state index is 0.148. The molecule has 5 aliphatic carbocycles. The molecule has 2 heteroatoms. The molecule has 0 radical (unpaired) electrons. The molecule has 2 nitrogen and oxygen atoms in total. The van der Waals surface area contributed by atoms with Crippen LogP contribution in [0.1, 0.15) is 216 Å². The number of aliphatic hydroxyl groups excluding tert-OH is 2. The Morgan fingerprint density at radius 1 is 0.769 bits per heavy atom. The zero-order valence-electron chi connectivity index (χ0n) is 36.2. The van der Waals surface area contributed by atoms with E-state index >= 15 is 0 Å². The molecule has 6 unspecified atom stereocenters. The summed E-state index contributed by atoms with van der Waals surface area (Å²) in [6.45, 7) is 19.2. The summed E-state index contributed by atoms with van der Waals surface area (Å²) in [6.07, 6.45) is 35.8. The molecule has 0 aromatic carbocycles. The van der Waals surface area contributed by atoms with Crippen molar-refractivity contribution < 1.29 is 10.2 Å². The van der Waals surface area contributed by atoms with Gasteiger partial charge in [-0.2, -0.15) is 0 Å². The van der Waals surface area contributed by atoms with Crippen LogP contribution in [0.2, 0.25) is 0 Å². The fraction of sp³-hybridized carbons (Fsp3) is 0.960. The Labute approximate surface area is 324 Å². The minimum atomic E-state index is -0.157. The van der Waals surface area contributed by atoms with Gasteiger partial charge in [-0.25, -0.2) is 0 Å². The van der Waals surface area contributed by atoms with Gasteiger partial charge in [0.25, 0.3) is 0 Å². The van der Waals surface area contributed by atoms with Gasteiger partial charge >= 0.3 is 0 Å². The fourth-order valence-electron chi connectivity index (χ4n) is 12.3. The van der Waals surface area contributed by atoms with E-state index in [0.29, 0.717) is 29.1 Å². The second-order valence-corrected chi connectivity index (χ2v) is 22.4. The van der Waals surface area contributed by atoms with Crippen LogP contribution in [0.15, 0.2) is 11.6 Å². The molecule has 5 aliphatic rings. The fourth-order valence-corrected chi connectivity index (χ4v) is 12.3. The lowest BCUT2D eigenvalue weighted by molar-refractivity contribution is 0.0355. The number of aliphatic hydroxyl groups is 2. The molecule has 5 rings (SSSR count). The highest BCUT2D eigenvalue weighted by atomic mass is 16.3. The summed E-state index contributed by atoms with van der Waals surface area (Å²) in [7, 11) is 0. The second-order valence-electron chi connectivity index (χ2n) is 22.4. The van der Waals surface area contributed by atoms with E-state index in [4.69, 9.17) is 0 Å². The molecule has 0 spiro atoms. The number of hydrogen-bond acceptors (Lipinski definition) is 2. The first kappa shape index (κ1) is 42.8. The number of hydrogen-bond donors (Lipinski definition) is 2. The molecule has 0 amide bonds. The third-order valence-electron chi connectivity index (χ3n) is 16.7. The molecule has 0 saturated heterocycles. The summed E-state index contributed by atoms with van der Waals surface area (Å²) in [5.74, 6) is 8.23. The van der Waals surface area contributed by atoms with Crippen LogP contribution in [0.4, 0.5) is 0 Å². The van der Waals surface area contributed by atoms with Crippen molar-refractivity contribution in [2.75, 3.05) is 0 Å². The van der Waals surface area contributed by atoms with E-state index < -0.39 is 0 Å². The summed E-state index contributed by atoms with van der Waals surface area (Å²) in [4.78, 5) is 0. The van der Waals surface area contributed by atoms with E-state index in [1.165, 1.54) is 135 Å². The summed E-state index contributed by atoms with van der Waals surface area (Å²) in [5, 5.41) is 22.8. The lowest BCUT2D eigenvalue weighted by Gasteiger charge is -2.39. The molecular formula is C50H90O2. The van der Waals surface area contributed by atoms with Gasteiger partial charge in [0.1, 0.15) is 0 Å². The topological polar surface area (TPSA) is 40.5 Å². The van der Waals surface area contributed by atoms with Crippen LogP contribution in [0.3, 0.4) is 0 Å². The van der Waals surface area contributed by atoms with Crippen LogP contribution in [0.25, 0.3) is 0 Å². The maximum atomic E-state index is 11.7. The Hall–Kier alpha value is -0.340. The van der Waals surface area contributed by atoms with Gasteiger partial charge in [-0.3, -0.25) is 0 Å². The summed E-state index contributed by atoms with van der Waals surface area (Å²) in [6, 6.07) is 0. The van der Waals surface area contributed by atoms with Crippen molar-refractivity contribution in [3.05, 3.63) is 11.6 Å². The molecule has 0 aliphatic heterocycles. The van der Waals surface area contributed by atoms with Crippen molar-refractivity contribution in [3.63, 3.8) is 0 Å². The van der Waals surface area contributed by atoms with E-state index in [1.807, 2.05) is 5.57 Å². The minimum Gasteiger partial charge on any atom is -0.393 e. The third-order valence-corrected chi connectivity index (χ3v) is 16.7. The Bertz CT molecular complexity index is 1040. The Morgan fingerprint density at radius 3 is 1.98 bits per heavy atom. The smallest absolute Gasteiger partial charge is 0.0571 e. The zero-order chi connectivity index (χ0) is 37.5. The molecular weight excluding hydrogens is 633 g/mol. The van der Waals surface area contributed by atoms with Gasteiger partial charge in [0.15, 0.2) is 0 Å². The number of rotatable bonds is 18. The average molecular weight is 723 g/mol. The molecule has 0 aromatic heterocycles. The highest BCUT2D eigenvalue weighted by Gasteiger charge is 2.50. The van der Waals surface area contributed by atoms with Crippen molar-refractivity contribution in [1.82, 2.24) is 0 Å². The largest absolute Gasteiger partial charge is 0.393 e.